The number of nitrogens with one attached hydrogen (secondary N) is 2. The Morgan fingerprint density at radius 3 is 2.62 bits per heavy atom. The van der Waals surface area contributed by atoms with Crippen LogP contribution in [0, 0.1) is 0 Å². The Hall–Kier alpha value is -1.15. The molecule has 1 aromatic heterocycles. The van der Waals surface area contributed by atoms with Gasteiger partial charge in [0.1, 0.15) is 10.7 Å². The normalized spacial score (nSPS) is 11.7. The predicted octanol–water partition coefficient (Wildman–Crippen LogP) is 2.28. The van der Waals surface area contributed by atoms with Crippen molar-refractivity contribution in [2.24, 2.45) is 0 Å². The lowest BCUT2D eigenvalue weighted by Gasteiger charge is -2.05. The molecule has 5 nitrogen and oxygen atoms in total. The molecular formula is C14H17BrN2O3S. The standard InChI is InChI=1S/C14H17BrN2O3S/c1-16-10-12-9-13(14(15)20-12)21(18,19)17-8-7-11-5-3-2-4-6-11/h2-6,9,16-17H,7-8,10H2,1H3. The molecule has 2 N–H and O–H groups in total. The van der Waals surface area contributed by atoms with E-state index in [1.54, 1.807) is 7.05 Å². The first-order chi connectivity index (χ1) is 10.0. The lowest BCUT2D eigenvalue weighted by atomic mass is 10.2. The summed E-state index contributed by atoms with van der Waals surface area (Å²) in [5.74, 6) is 0.563. The van der Waals surface area contributed by atoms with E-state index >= 15 is 0 Å². The van der Waals surface area contributed by atoms with Gasteiger partial charge in [0, 0.05) is 12.6 Å². The summed E-state index contributed by atoms with van der Waals surface area (Å²) in [6.07, 6.45) is 0.638. The van der Waals surface area contributed by atoms with Crippen LogP contribution in [0.1, 0.15) is 11.3 Å². The summed E-state index contributed by atoms with van der Waals surface area (Å²) in [4.78, 5) is 0.126. The number of rotatable bonds is 7. The molecule has 0 aliphatic carbocycles. The number of hydrogen-bond donors (Lipinski definition) is 2. The second-order valence-corrected chi connectivity index (χ2v) is 6.97. The molecule has 0 amide bonds. The van der Waals surface area contributed by atoms with Gasteiger partial charge in [0.15, 0.2) is 4.67 Å². The highest BCUT2D eigenvalue weighted by molar-refractivity contribution is 9.10. The molecule has 0 spiro atoms. The van der Waals surface area contributed by atoms with Crippen molar-refractivity contribution in [3.63, 3.8) is 0 Å². The van der Waals surface area contributed by atoms with Gasteiger partial charge in [0.05, 0.1) is 6.54 Å². The maximum atomic E-state index is 12.2. The van der Waals surface area contributed by atoms with E-state index in [2.05, 4.69) is 26.0 Å². The third-order valence-corrected chi connectivity index (χ3v) is 5.21. The second kappa shape index (κ2) is 7.22. The molecule has 0 aliphatic heterocycles. The fraction of sp³-hybridized carbons (Fsp3) is 0.286. The highest BCUT2D eigenvalue weighted by atomic mass is 79.9. The van der Waals surface area contributed by atoms with Crippen LogP contribution in [0.3, 0.4) is 0 Å². The third-order valence-electron chi connectivity index (χ3n) is 2.90. The summed E-state index contributed by atoms with van der Waals surface area (Å²) < 4.78 is 32.6. The van der Waals surface area contributed by atoms with Crippen molar-refractivity contribution in [2.75, 3.05) is 13.6 Å². The Morgan fingerprint density at radius 1 is 1.24 bits per heavy atom. The molecule has 0 saturated heterocycles. The first-order valence-electron chi connectivity index (χ1n) is 6.49. The smallest absolute Gasteiger partial charge is 0.244 e. The minimum absolute atomic E-state index is 0.126. The van der Waals surface area contributed by atoms with Crippen molar-refractivity contribution in [3.8, 4) is 0 Å². The van der Waals surface area contributed by atoms with Gasteiger partial charge in [-0.25, -0.2) is 13.1 Å². The molecule has 0 saturated carbocycles. The molecule has 0 radical (unpaired) electrons. The zero-order valence-corrected chi connectivity index (χ0v) is 14.0. The zero-order valence-electron chi connectivity index (χ0n) is 11.6. The number of hydrogen-bond acceptors (Lipinski definition) is 4. The van der Waals surface area contributed by atoms with Crippen LogP contribution in [-0.4, -0.2) is 22.0 Å². The summed E-state index contributed by atoms with van der Waals surface area (Å²) in [7, 11) is -1.81. The van der Waals surface area contributed by atoms with Crippen LogP contribution in [-0.2, 0) is 23.0 Å². The lowest BCUT2D eigenvalue weighted by molar-refractivity contribution is 0.470. The van der Waals surface area contributed by atoms with E-state index < -0.39 is 10.0 Å². The second-order valence-electron chi connectivity index (χ2n) is 4.51. The van der Waals surface area contributed by atoms with Crippen molar-refractivity contribution in [3.05, 3.63) is 52.4 Å². The fourth-order valence-corrected chi connectivity index (χ4v) is 3.92. The minimum Gasteiger partial charge on any atom is -0.452 e. The largest absolute Gasteiger partial charge is 0.452 e. The molecule has 21 heavy (non-hydrogen) atoms. The summed E-state index contributed by atoms with van der Waals surface area (Å²) in [6.45, 7) is 0.809. The molecule has 2 aromatic rings. The van der Waals surface area contributed by atoms with Crippen molar-refractivity contribution in [2.45, 2.75) is 17.9 Å². The van der Waals surface area contributed by atoms with Crippen molar-refractivity contribution in [1.82, 2.24) is 10.0 Å². The molecule has 0 fully saturated rings. The van der Waals surface area contributed by atoms with Gasteiger partial charge < -0.3 is 9.73 Å². The summed E-state index contributed by atoms with van der Waals surface area (Å²) in [5.41, 5.74) is 1.09. The van der Waals surface area contributed by atoms with Crippen LogP contribution < -0.4 is 10.0 Å². The molecule has 2 rings (SSSR count). The average molecular weight is 373 g/mol. The summed E-state index contributed by atoms with van der Waals surface area (Å²) in [6, 6.07) is 11.2. The van der Waals surface area contributed by atoms with Crippen LogP contribution in [0.4, 0.5) is 0 Å². The van der Waals surface area contributed by atoms with Gasteiger partial charge in [0.25, 0.3) is 0 Å². The van der Waals surface area contributed by atoms with Crippen molar-refractivity contribution in [1.29, 1.82) is 0 Å². The molecule has 0 atom stereocenters. The Morgan fingerprint density at radius 2 is 1.95 bits per heavy atom. The third kappa shape index (κ3) is 4.41. The number of furan rings is 1. The van der Waals surface area contributed by atoms with E-state index in [1.165, 1.54) is 6.07 Å². The van der Waals surface area contributed by atoms with E-state index in [0.29, 0.717) is 25.3 Å². The van der Waals surface area contributed by atoms with Gasteiger partial charge in [-0.2, -0.15) is 0 Å². The zero-order chi connectivity index (χ0) is 15.3. The van der Waals surface area contributed by atoms with Gasteiger partial charge in [-0.1, -0.05) is 30.3 Å². The lowest BCUT2D eigenvalue weighted by Crippen LogP contribution is -2.25. The van der Waals surface area contributed by atoms with Gasteiger partial charge >= 0.3 is 0 Å². The number of benzene rings is 1. The SMILES string of the molecule is CNCc1cc(S(=O)(=O)NCCc2ccccc2)c(Br)o1. The van der Waals surface area contributed by atoms with E-state index in [9.17, 15) is 8.42 Å². The highest BCUT2D eigenvalue weighted by Crippen LogP contribution is 2.25. The Kier molecular flexibility index (Phi) is 5.58. The van der Waals surface area contributed by atoms with Crippen molar-refractivity contribution < 1.29 is 12.8 Å². The molecule has 7 heteroatoms. The maximum Gasteiger partial charge on any atom is 0.244 e. The van der Waals surface area contributed by atoms with Gasteiger partial charge in [-0.3, -0.25) is 0 Å². The number of sulfonamides is 1. The van der Waals surface area contributed by atoms with Crippen LogP contribution in [0.5, 0.6) is 0 Å². The average Bonchev–Trinajstić information content (AvgIpc) is 2.82. The van der Waals surface area contributed by atoms with Crippen LogP contribution in [0.15, 0.2) is 50.4 Å². The van der Waals surface area contributed by atoms with Crippen LogP contribution in [0.2, 0.25) is 0 Å². The highest BCUT2D eigenvalue weighted by Gasteiger charge is 2.21. The molecule has 114 valence electrons. The Bertz CT molecular complexity index is 683. The first-order valence-corrected chi connectivity index (χ1v) is 8.77. The maximum absolute atomic E-state index is 12.2. The van der Waals surface area contributed by atoms with Gasteiger partial charge in [-0.05, 0) is 35.0 Å². The molecule has 0 unspecified atom stereocenters. The summed E-state index contributed by atoms with van der Waals surface area (Å²) in [5, 5.41) is 2.91. The minimum atomic E-state index is -3.58. The first kappa shape index (κ1) is 16.2. The predicted molar refractivity (Wildman–Crippen MR) is 84.5 cm³/mol. The van der Waals surface area contributed by atoms with E-state index in [4.69, 9.17) is 4.42 Å². The molecule has 0 aliphatic rings. The van der Waals surface area contributed by atoms with Gasteiger partial charge in [-0.15, -0.1) is 0 Å². The van der Waals surface area contributed by atoms with Gasteiger partial charge in [0.2, 0.25) is 10.0 Å². The van der Waals surface area contributed by atoms with Crippen LogP contribution >= 0.6 is 15.9 Å². The van der Waals surface area contributed by atoms with E-state index in [0.717, 1.165) is 5.56 Å². The Labute approximate surface area is 132 Å². The summed E-state index contributed by atoms with van der Waals surface area (Å²) >= 11 is 3.15. The topological polar surface area (TPSA) is 71.3 Å². The molecule has 1 heterocycles. The van der Waals surface area contributed by atoms with E-state index in [1.807, 2.05) is 30.3 Å². The van der Waals surface area contributed by atoms with E-state index in [-0.39, 0.29) is 9.56 Å². The quantitative estimate of drug-likeness (QED) is 0.781. The Balaban J connectivity index is 2.01. The fourth-order valence-electron chi connectivity index (χ4n) is 1.89. The number of halogens is 1. The van der Waals surface area contributed by atoms with Crippen LogP contribution in [0.25, 0.3) is 0 Å². The molecule has 0 bridgehead atoms. The molecular weight excluding hydrogens is 356 g/mol. The van der Waals surface area contributed by atoms with Crippen molar-refractivity contribution >= 4 is 26.0 Å². The molecule has 1 aromatic carbocycles. The monoisotopic (exact) mass is 372 g/mol.